The van der Waals surface area contributed by atoms with Gasteiger partial charge in [0.05, 0.1) is 12.1 Å². The van der Waals surface area contributed by atoms with Crippen LogP contribution in [-0.4, -0.2) is 35.6 Å². The third kappa shape index (κ3) is 5.06. The van der Waals surface area contributed by atoms with Crippen LogP contribution in [-0.2, 0) is 0 Å². The normalized spacial score (nSPS) is 22.2. The third-order valence-corrected chi connectivity index (χ3v) is 4.46. The van der Waals surface area contributed by atoms with Crippen molar-refractivity contribution in [2.75, 3.05) is 12.3 Å². The van der Waals surface area contributed by atoms with Crippen LogP contribution in [0.3, 0.4) is 0 Å². The fourth-order valence-corrected chi connectivity index (χ4v) is 3.14. The van der Waals surface area contributed by atoms with Crippen molar-refractivity contribution in [2.45, 2.75) is 42.7 Å². The number of urea groups is 1. The third-order valence-electron chi connectivity index (χ3n) is 3.45. The summed E-state index contributed by atoms with van der Waals surface area (Å²) in [5, 5.41) is 15.5. The predicted octanol–water partition coefficient (Wildman–Crippen LogP) is 2.38. The molecule has 0 spiro atoms. The molecule has 1 saturated carbocycles. The molecule has 2 amide bonds. The molecule has 0 aromatic heterocycles. The van der Waals surface area contributed by atoms with Gasteiger partial charge in [0.2, 0.25) is 0 Å². The molecule has 2 atom stereocenters. The van der Waals surface area contributed by atoms with E-state index in [1.807, 2.05) is 18.2 Å². The number of carbonyl (C=O) groups is 1. The Morgan fingerprint density at radius 3 is 2.75 bits per heavy atom. The summed E-state index contributed by atoms with van der Waals surface area (Å²) in [5.41, 5.74) is 0. The highest BCUT2D eigenvalue weighted by molar-refractivity contribution is 7.99. The van der Waals surface area contributed by atoms with Crippen molar-refractivity contribution in [3.05, 3.63) is 30.3 Å². The van der Waals surface area contributed by atoms with Gasteiger partial charge in [-0.15, -0.1) is 11.8 Å². The first kappa shape index (κ1) is 15.2. The summed E-state index contributed by atoms with van der Waals surface area (Å²) in [6, 6.07) is 9.85. The molecule has 20 heavy (non-hydrogen) atoms. The van der Waals surface area contributed by atoms with Gasteiger partial charge in [0, 0.05) is 17.2 Å². The first-order chi connectivity index (χ1) is 9.75. The number of benzene rings is 1. The van der Waals surface area contributed by atoms with Gasteiger partial charge in [-0.1, -0.05) is 31.0 Å². The summed E-state index contributed by atoms with van der Waals surface area (Å²) in [7, 11) is 0. The zero-order valence-corrected chi connectivity index (χ0v) is 12.4. The summed E-state index contributed by atoms with van der Waals surface area (Å²) >= 11 is 1.72. The van der Waals surface area contributed by atoms with Gasteiger partial charge in [0.25, 0.3) is 0 Å². The van der Waals surface area contributed by atoms with E-state index in [0.29, 0.717) is 6.54 Å². The van der Waals surface area contributed by atoms with Gasteiger partial charge in [0.15, 0.2) is 0 Å². The van der Waals surface area contributed by atoms with Gasteiger partial charge < -0.3 is 15.7 Å². The Balaban J connectivity index is 1.60. The smallest absolute Gasteiger partial charge is 0.315 e. The van der Waals surface area contributed by atoms with Gasteiger partial charge >= 0.3 is 6.03 Å². The van der Waals surface area contributed by atoms with E-state index < -0.39 is 6.10 Å². The van der Waals surface area contributed by atoms with Crippen LogP contribution < -0.4 is 10.6 Å². The van der Waals surface area contributed by atoms with Crippen molar-refractivity contribution >= 4 is 17.8 Å². The second-order valence-corrected chi connectivity index (χ2v) is 6.19. The molecular weight excluding hydrogens is 272 g/mol. The average molecular weight is 294 g/mol. The number of rotatable bonds is 5. The molecule has 1 aromatic carbocycles. The largest absolute Gasteiger partial charge is 0.391 e. The summed E-state index contributed by atoms with van der Waals surface area (Å²) in [6.45, 7) is 0.619. The Morgan fingerprint density at radius 1 is 1.25 bits per heavy atom. The maximum atomic E-state index is 11.7. The molecule has 4 nitrogen and oxygen atoms in total. The fraction of sp³-hybridized carbons (Fsp3) is 0.533. The molecule has 2 unspecified atom stereocenters. The zero-order chi connectivity index (χ0) is 14.2. The monoisotopic (exact) mass is 294 g/mol. The van der Waals surface area contributed by atoms with Crippen LogP contribution in [0.15, 0.2) is 35.2 Å². The van der Waals surface area contributed by atoms with Crippen molar-refractivity contribution < 1.29 is 9.90 Å². The van der Waals surface area contributed by atoms with Crippen molar-refractivity contribution in [2.24, 2.45) is 0 Å². The van der Waals surface area contributed by atoms with Crippen LogP contribution >= 0.6 is 11.8 Å². The average Bonchev–Trinajstić information content (AvgIpc) is 2.47. The van der Waals surface area contributed by atoms with E-state index in [0.717, 1.165) is 31.4 Å². The quantitative estimate of drug-likeness (QED) is 0.577. The number of carbonyl (C=O) groups excluding carboxylic acids is 1. The highest BCUT2D eigenvalue weighted by atomic mass is 32.2. The Labute approximate surface area is 124 Å². The second kappa shape index (κ2) is 8.17. The standard InChI is InChI=1S/C15H22N2O2S/c18-14-9-5-4-8-13(14)17-15(19)16-10-11-20-12-6-2-1-3-7-12/h1-3,6-7,13-14,18H,4-5,8-11H2,(H2,16,17,19). The van der Waals surface area contributed by atoms with E-state index in [1.54, 1.807) is 11.8 Å². The van der Waals surface area contributed by atoms with Crippen molar-refractivity contribution in [1.29, 1.82) is 0 Å². The highest BCUT2D eigenvalue weighted by Gasteiger charge is 2.24. The minimum absolute atomic E-state index is 0.0921. The summed E-state index contributed by atoms with van der Waals surface area (Å²) < 4.78 is 0. The molecule has 1 aliphatic rings. The topological polar surface area (TPSA) is 61.4 Å². The first-order valence-corrected chi connectivity index (χ1v) is 8.14. The van der Waals surface area contributed by atoms with E-state index in [9.17, 15) is 9.90 Å². The molecular formula is C15H22N2O2S. The van der Waals surface area contributed by atoms with Crippen LogP contribution in [0, 0.1) is 0 Å². The maximum Gasteiger partial charge on any atom is 0.315 e. The molecule has 0 heterocycles. The number of thioether (sulfide) groups is 1. The summed E-state index contributed by atoms with van der Waals surface area (Å²) in [4.78, 5) is 12.9. The van der Waals surface area contributed by atoms with Crippen LogP contribution in [0.4, 0.5) is 4.79 Å². The predicted molar refractivity (Wildman–Crippen MR) is 82.0 cm³/mol. The highest BCUT2D eigenvalue weighted by Crippen LogP contribution is 2.18. The second-order valence-electron chi connectivity index (χ2n) is 5.02. The molecule has 0 bridgehead atoms. The van der Waals surface area contributed by atoms with E-state index in [1.165, 1.54) is 4.90 Å². The zero-order valence-electron chi connectivity index (χ0n) is 11.5. The number of amides is 2. The lowest BCUT2D eigenvalue weighted by Crippen LogP contribution is -2.49. The van der Waals surface area contributed by atoms with Gasteiger partial charge in [-0.25, -0.2) is 4.79 Å². The molecule has 1 aliphatic carbocycles. The molecule has 0 radical (unpaired) electrons. The molecule has 0 saturated heterocycles. The van der Waals surface area contributed by atoms with Crippen molar-refractivity contribution in [3.63, 3.8) is 0 Å². The molecule has 2 rings (SSSR count). The van der Waals surface area contributed by atoms with Crippen LogP contribution in [0.5, 0.6) is 0 Å². The Kier molecular flexibility index (Phi) is 6.21. The van der Waals surface area contributed by atoms with E-state index >= 15 is 0 Å². The lowest BCUT2D eigenvalue weighted by atomic mass is 9.93. The lowest BCUT2D eigenvalue weighted by Gasteiger charge is -2.28. The number of aliphatic hydroxyl groups is 1. The minimum atomic E-state index is -0.395. The van der Waals surface area contributed by atoms with Gasteiger partial charge in [-0.2, -0.15) is 0 Å². The lowest BCUT2D eigenvalue weighted by molar-refractivity contribution is 0.0944. The fourth-order valence-electron chi connectivity index (χ4n) is 2.35. The molecule has 0 aliphatic heterocycles. The molecule has 110 valence electrons. The SMILES string of the molecule is O=C(NCCSc1ccccc1)NC1CCCCC1O. The number of hydrogen-bond donors (Lipinski definition) is 3. The van der Waals surface area contributed by atoms with Gasteiger partial charge in [0.1, 0.15) is 0 Å². The Morgan fingerprint density at radius 2 is 2.00 bits per heavy atom. The van der Waals surface area contributed by atoms with E-state index in [2.05, 4.69) is 22.8 Å². The molecule has 1 fully saturated rings. The van der Waals surface area contributed by atoms with Crippen LogP contribution in [0.1, 0.15) is 25.7 Å². The van der Waals surface area contributed by atoms with E-state index in [4.69, 9.17) is 0 Å². The van der Waals surface area contributed by atoms with Crippen LogP contribution in [0.2, 0.25) is 0 Å². The van der Waals surface area contributed by atoms with Gasteiger partial charge in [-0.3, -0.25) is 0 Å². The van der Waals surface area contributed by atoms with Crippen molar-refractivity contribution in [3.8, 4) is 0 Å². The van der Waals surface area contributed by atoms with Gasteiger partial charge in [-0.05, 0) is 25.0 Å². The molecule has 5 heteroatoms. The van der Waals surface area contributed by atoms with E-state index in [-0.39, 0.29) is 12.1 Å². The molecule has 1 aromatic rings. The summed E-state index contributed by atoms with van der Waals surface area (Å²) in [5.74, 6) is 0.838. The Hall–Kier alpha value is -1.20. The number of aliphatic hydroxyl groups excluding tert-OH is 1. The van der Waals surface area contributed by atoms with Crippen LogP contribution in [0.25, 0.3) is 0 Å². The maximum absolute atomic E-state index is 11.7. The number of hydrogen-bond acceptors (Lipinski definition) is 3. The first-order valence-electron chi connectivity index (χ1n) is 7.16. The molecule has 3 N–H and O–H groups in total. The number of nitrogens with one attached hydrogen (secondary N) is 2. The Bertz CT molecular complexity index is 414. The van der Waals surface area contributed by atoms with Crippen molar-refractivity contribution in [1.82, 2.24) is 10.6 Å². The minimum Gasteiger partial charge on any atom is -0.391 e. The summed E-state index contributed by atoms with van der Waals surface area (Å²) in [6.07, 6.45) is 3.39.